The normalized spacial score (nSPS) is 18.4. The predicted molar refractivity (Wildman–Crippen MR) is 81.8 cm³/mol. The van der Waals surface area contributed by atoms with E-state index < -0.39 is 11.6 Å². The second-order valence-corrected chi connectivity index (χ2v) is 8.25. The molecule has 1 amide bonds. The Morgan fingerprint density at radius 3 is 2.68 bits per heavy atom. The molecule has 1 aliphatic heterocycles. The van der Waals surface area contributed by atoms with E-state index in [-0.39, 0.29) is 26.6 Å². The third kappa shape index (κ3) is 3.62. The Hall–Kier alpha value is -1.53. The molecule has 0 aromatic carbocycles. The van der Waals surface area contributed by atoms with E-state index >= 15 is 0 Å². The van der Waals surface area contributed by atoms with Gasteiger partial charge in [0.2, 0.25) is 0 Å². The number of amides is 1. The van der Waals surface area contributed by atoms with E-state index in [1.54, 1.807) is 4.90 Å². The third-order valence-corrected chi connectivity index (χ3v) is 5.08. The summed E-state index contributed by atoms with van der Waals surface area (Å²) in [5.41, 5.74) is 5.79. The van der Waals surface area contributed by atoms with Crippen LogP contribution in [-0.4, -0.2) is 55.7 Å². The van der Waals surface area contributed by atoms with Gasteiger partial charge >= 0.3 is 135 Å². The number of anilines is 1. The number of carbonyl (C=O) groups is 2. The molecule has 1 aromatic rings. The SMILES string of the molecule is COC(=O)c1[se]c(N)nc1[C@@H]1CCCN1C(=O)OC(C)(C)C. The number of methoxy groups -OCH3 is 1. The quantitative estimate of drug-likeness (QED) is 0.624. The summed E-state index contributed by atoms with van der Waals surface area (Å²) in [5, 5.41) is 0. The Morgan fingerprint density at radius 2 is 2.09 bits per heavy atom. The molecule has 8 heteroatoms. The molecule has 0 aliphatic carbocycles. The number of esters is 1. The van der Waals surface area contributed by atoms with Crippen LogP contribution in [0.2, 0.25) is 0 Å². The molecule has 0 saturated carbocycles. The first-order chi connectivity index (χ1) is 10.2. The van der Waals surface area contributed by atoms with Gasteiger partial charge < -0.3 is 0 Å². The summed E-state index contributed by atoms with van der Waals surface area (Å²) in [6.07, 6.45) is 1.19. The Kier molecular flexibility index (Phi) is 4.82. The fraction of sp³-hybridized carbons (Fsp3) is 0.643. The number of ether oxygens (including phenoxy) is 2. The van der Waals surface area contributed by atoms with Gasteiger partial charge in [0.15, 0.2) is 0 Å². The minimum atomic E-state index is -0.564. The van der Waals surface area contributed by atoms with E-state index in [0.717, 1.165) is 12.8 Å². The second kappa shape index (κ2) is 6.30. The molecule has 1 fully saturated rings. The van der Waals surface area contributed by atoms with E-state index in [1.807, 2.05) is 20.8 Å². The molecule has 1 aliphatic rings. The number of nitrogens with two attached hydrogens (primary N) is 1. The molecule has 0 radical (unpaired) electrons. The van der Waals surface area contributed by atoms with E-state index in [9.17, 15) is 9.59 Å². The summed E-state index contributed by atoms with van der Waals surface area (Å²) in [5.74, 6) is -0.421. The van der Waals surface area contributed by atoms with E-state index in [2.05, 4.69) is 4.98 Å². The van der Waals surface area contributed by atoms with Crippen molar-refractivity contribution in [1.29, 1.82) is 0 Å². The van der Waals surface area contributed by atoms with Crippen molar-refractivity contribution in [2.24, 2.45) is 0 Å². The number of carbonyl (C=O) groups excluding carboxylic acids is 2. The maximum absolute atomic E-state index is 12.3. The molecular formula is C14H21N3O4Se. The summed E-state index contributed by atoms with van der Waals surface area (Å²) < 4.78 is 11.2. The second-order valence-electron chi connectivity index (χ2n) is 6.09. The summed E-state index contributed by atoms with van der Waals surface area (Å²) >= 11 is -0.343. The van der Waals surface area contributed by atoms with E-state index in [1.165, 1.54) is 7.11 Å². The van der Waals surface area contributed by atoms with Crippen molar-refractivity contribution >= 4 is 31.3 Å². The zero-order valence-electron chi connectivity index (χ0n) is 13.2. The van der Waals surface area contributed by atoms with Crippen LogP contribution < -0.4 is 5.73 Å². The Bertz CT molecular complexity index is 579. The molecule has 2 N–H and O–H groups in total. The van der Waals surface area contributed by atoms with Crippen LogP contribution in [0.25, 0.3) is 0 Å². The van der Waals surface area contributed by atoms with Crippen molar-refractivity contribution in [3.63, 3.8) is 0 Å². The van der Waals surface area contributed by atoms with Crippen LogP contribution in [0.5, 0.6) is 0 Å². The Labute approximate surface area is 135 Å². The van der Waals surface area contributed by atoms with Crippen molar-refractivity contribution in [2.75, 3.05) is 19.4 Å². The fourth-order valence-corrected chi connectivity index (χ4v) is 4.10. The van der Waals surface area contributed by atoms with Crippen molar-refractivity contribution in [2.45, 2.75) is 45.3 Å². The van der Waals surface area contributed by atoms with Crippen molar-refractivity contribution in [3.05, 3.63) is 10.1 Å². The van der Waals surface area contributed by atoms with Gasteiger partial charge in [-0.2, -0.15) is 0 Å². The summed E-state index contributed by atoms with van der Waals surface area (Å²) in [7, 11) is 1.33. The first-order valence-electron chi connectivity index (χ1n) is 7.07. The van der Waals surface area contributed by atoms with Crippen LogP contribution in [-0.2, 0) is 9.47 Å². The molecular weight excluding hydrogens is 353 g/mol. The number of aromatic nitrogens is 1. The molecule has 22 heavy (non-hydrogen) atoms. The summed E-state index contributed by atoms with van der Waals surface area (Å²) in [6.45, 7) is 6.05. The topological polar surface area (TPSA) is 94.8 Å². The van der Waals surface area contributed by atoms with Gasteiger partial charge in [-0.15, -0.1) is 0 Å². The molecule has 122 valence electrons. The monoisotopic (exact) mass is 375 g/mol. The number of rotatable bonds is 2. The first kappa shape index (κ1) is 16.8. The van der Waals surface area contributed by atoms with Gasteiger partial charge in [0.05, 0.1) is 0 Å². The van der Waals surface area contributed by atoms with E-state index in [4.69, 9.17) is 15.2 Å². The Balaban J connectivity index is 2.28. The van der Waals surface area contributed by atoms with Gasteiger partial charge in [-0.1, -0.05) is 0 Å². The van der Waals surface area contributed by atoms with Crippen molar-refractivity contribution < 1.29 is 19.1 Å². The molecule has 1 atom stereocenters. The van der Waals surface area contributed by atoms with Gasteiger partial charge in [-0.25, -0.2) is 0 Å². The molecule has 1 aromatic heterocycles. The van der Waals surface area contributed by atoms with E-state index in [0.29, 0.717) is 21.4 Å². The molecule has 7 nitrogen and oxygen atoms in total. The molecule has 2 rings (SSSR count). The van der Waals surface area contributed by atoms with Crippen LogP contribution in [0.1, 0.15) is 54.6 Å². The van der Waals surface area contributed by atoms with Crippen LogP contribution in [0, 0.1) is 0 Å². The summed E-state index contributed by atoms with van der Waals surface area (Å²) in [6, 6.07) is -0.271. The number of hydrogen-bond acceptors (Lipinski definition) is 6. The molecule has 1 saturated heterocycles. The van der Waals surface area contributed by atoms with Crippen LogP contribution in [0.3, 0.4) is 0 Å². The molecule has 0 unspecified atom stereocenters. The van der Waals surface area contributed by atoms with Gasteiger partial charge in [0.1, 0.15) is 0 Å². The third-order valence-electron chi connectivity index (χ3n) is 3.24. The van der Waals surface area contributed by atoms with Gasteiger partial charge in [-0.05, 0) is 0 Å². The maximum atomic E-state index is 12.3. The van der Waals surface area contributed by atoms with Gasteiger partial charge in [0.25, 0.3) is 0 Å². The Morgan fingerprint density at radius 1 is 1.41 bits per heavy atom. The summed E-state index contributed by atoms with van der Waals surface area (Å²) in [4.78, 5) is 30.2. The molecule has 0 bridgehead atoms. The fourth-order valence-electron chi connectivity index (χ4n) is 2.40. The average Bonchev–Trinajstić information content (AvgIpc) is 3.01. The predicted octanol–water partition coefficient (Wildman–Crippen LogP) is 1.58. The average molecular weight is 374 g/mol. The molecule has 0 spiro atoms. The van der Waals surface area contributed by atoms with Gasteiger partial charge in [-0.3, -0.25) is 0 Å². The van der Waals surface area contributed by atoms with Crippen molar-refractivity contribution in [1.82, 2.24) is 9.88 Å². The molecule has 2 heterocycles. The van der Waals surface area contributed by atoms with Crippen LogP contribution in [0.4, 0.5) is 9.49 Å². The first-order valence-corrected chi connectivity index (χ1v) is 8.78. The minimum absolute atomic E-state index is 0.271. The standard InChI is InChI=1S/C14H21N3O4Se/c1-14(2,3)21-13(19)17-7-5-6-8(17)9-10(11(18)20-4)22-12(15)16-9/h8H,5-7H2,1-4H3,(H2,15,16)/t8-/m0/s1. The van der Waals surface area contributed by atoms with Gasteiger partial charge in [0, 0.05) is 0 Å². The number of likely N-dealkylation sites (tertiary alicyclic amines) is 1. The number of hydrogen-bond donors (Lipinski definition) is 1. The van der Waals surface area contributed by atoms with Crippen molar-refractivity contribution in [3.8, 4) is 0 Å². The van der Waals surface area contributed by atoms with Crippen LogP contribution >= 0.6 is 0 Å². The number of nitrogen functional groups attached to an aromatic ring is 1. The zero-order valence-corrected chi connectivity index (χ0v) is 14.9. The number of nitrogens with zero attached hydrogens (tertiary/aromatic N) is 2. The zero-order chi connectivity index (χ0) is 16.5. The van der Waals surface area contributed by atoms with Crippen LogP contribution in [0.15, 0.2) is 0 Å².